The molecule has 24 heavy (non-hydrogen) atoms. The zero-order valence-corrected chi connectivity index (χ0v) is 15.0. The molecule has 2 aromatic carbocycles. The highest BCUT2D eigenvalue weighted by molar-refractivity contribution is 9.10. The van der Waals surface area contributed by atoms with E-state index in [2.05, 4.69) is 21.2 Å². The molecule has 0 amide bonds. The van der Waals surface area contributed by atoms with Crippen LogP contribution in [0.5, 0.6) is 5.75 Å². The molecule has 0 radical (unpaired) electrons. The Balaban J connectivity index is 1.68. The maximum atomic E-state index is 13.8. The van der Waals surface area contributed by atoms with E-state index in [9.17, 15) is 4.39 Å². The van der Waals surface area contributed by atoms with E-state index in [0.717, 1.165) is 39.8 Å². The molecule has 1 saturated carbocycles. The molecule has 0 aliphatic heterocycles. The fraction of sp³-hybridized carbons (Fsp3) is 0.368. The molecule has 0 unspecified atom stereocenters. The number of hydrogen-bond acceptors (Lipinski definition) is 3. The van der Waals surface area contributed by atoms with Crippen LogP contribution in [0.2, 0.25) is 0 Å². The van der Waals surface area contributed by atoms with E-state index in [0.29, 0.717) is 25.6 Å². The molecule has 5 heteroatoms. The largest absolute Gasteiger partial charge is 0.489 e. The normalized spacial score (nSPS) is 14.0. The lowest BCUT2D eigenvalue weighted by Crippen LogP contribution is -2.18. The van der Waals surface area contributed by atoms with E-state index in [4.69, 9.17) is 9.84 Å². The van der Waals surface area contributed by atoms with Crippen LogP contribution < -0.4 is 10.1 Å². The molecule has 1 aliphatic rings. The molecule has 1 fully saturated rings. The van der Waals surface area contributed by atoms with Crippen molar-refractivity contribution in [3.05, 3.63) is 63.4 Å². The second-order valence-electron chi connectivity index (χ2n) is 6.07. The van der Waals surface area contributed by atoms with Crippen molar-refractivity contribution >= 4 is 15.9 Å². The zero-order valence-electron chi connectivity index (χ0n) is 13.4. The maximum absolute atomic E-state index is 13.8. The summed E-state index contributed by atoms with van der Waals surface area (Å²) in [5.41, 5.74) is 2.81. The van der Waals surface area contributed by atoms with E-state index in [1.54, 1.807) is 6.07 Å². The number of aliphatic hydroxyl groups is 1. The van der Waals surface area contributed by atoms with Crippen molar-refractivity contribution in [3.8, 4) is 5.75 Å². The molecule has 2 aromatic rings. The molecule has 0 saturated heterocycles. The molecule has 0 spiro atoms. The van der Waals surface area contributed by atoms with Gasteiger partial charge in [0.05, 0.1) is 6.61 Å². The number of halogens is 2. The first-order chi connectivity index (χ1) is 11.7. The minimum Gasteiger partial charge on any atom is -0.489 e. The molecule has 128 valence electrons. The lowest BCUT2D eigenvalue weighted by atomic mass is 10.1. The monoisotopic (exact) mass is 393 g/mol. The number of nitrogens with one attached hydrogen (secondary N) is 1. The second kappa shape index (κ2) is 8.10. The van der Waals surface area contributed by atoms with Gasteiger partial charge in [-0.2, -0.15) is 0 Å². The van der Waals surface area contributed by atoms with Crippen LogP contribution in [0.3, 0.4) is 0 Å². The summed E-state index contributed by atoms with van der Waals surface area (Å²) in [4.78, 5) is 0. The van der Waals surface area contributed by atoms with E-state index in [1.165, 1.54) is 6.07 Å². The molecular formula is C19H21BrFNO2. The van der Waals surface area contributed by atoms with E-state index in [-0.39, 0.29) is 12.4 Å². The third-order valence-corrected chi connectivity index (χ3v) is 4.59. The summed E-state index contributed by atoms with van der Waals surface area (Å²) in [5, 5.41) is 12.0. The van der Waals surface area contributed by atoms with Gasteiger partial charge in [-0.3, -0.25) is 0 Å². The average molecular weight is 394 g/mol. The van der Waals surface area contributed by atoms with Gasteiger partial charge in [0.1, 0.15) is 18.2 Å². The van der Waals surface area contributed by atoms with Gasteiger partial charge >= 0.3 is 0 Å². The van der Waals surface area contributed by atoms with Crippen LogP contribution in [-0.4, -0.2) is 18.3 Å². The predicted molar refractivity (Wildman–Crippen MR) is 95.6 cm³/mol. The smallest absolute Gasteiger partial charge is 0.126 e. The van der Waals surface area contributed by atoms with Crippen LogP contribution in [0.15, 0.2) is 40.9 Å². The molecule has 0 atom stereocenters. The van der Waals surface area contributed by atoms with E-state index < -0.39 is 0 Å². The topological polar surface area (TPSA) is 41.5 Å². The molecule has 3 rings (SSSR count). The summed E-state index contributed by atoms with van der Waals surface area (Å²) in [6.45, 7) is 1.67. The van der Waals surface area contributed by atoms with Gasteiger partial charge in [0.25, 0.3) is 0 Å². The Kier molecular flexibility index (Phi) is 5.87. The molecule has 0 aromatic heterocycles. The van der Waals surface area contributed by atoms with Crippen LogP contribution in [0, 0.1) is 5.82 Å². The highest BCUT2D eigenvalue weighted by atomic mass is 79.9. The number of hydrogen-bond donors (Lipinski definition) is 2. The summed E-state index contributed by atoms with van der Waals surface area (Å²) < 4.78 is 20.8. The highest BCUT2D eigenvalue weighted by Crippen LogP contribution is 2.41. The van der Waals surface area contributed by atoms with Crippen molar-refractivity contribution in [1.29, 1.82) is 0 Å². The summed E-state index contributed by atoms with van der Waals surface area (Å²) in [6.07, 6.45) is 2.16. The molecule has 2 N–H and O–H groups in total. The van der Waals surface area contributed by atoms with Gasteiger partial charge in [-0.25, -0.2) is 4.39 Å². The SMILES string of the molecule is OCCNCc1cc(Br)ccc1OCc1ccc(F)c(C2CC2)c1. The first-order valence-electron chi connectivity index (χ1n) is 8.18. The zero-order chi connectivity index (χ0) is 16.9. The van der Waals surface area contributed by atoms with Gasteiger partial charge in [0.2, 0.25) is 0 Å². The molecular weight excluding hydrogens is 373 g/mol. The van der Waals surface area contributed by atoms with E-state index >= 15 is 0 Å². The Morgan fingerprint density at radius 3 is 2.79 bits per heavy atom. The van der Waals surface area contributed by atoms with Crippen LogP contribution >= 0.6 is 15.9 Å². The Bertz CT molecular complexity index is 704. The van der Waals surface area contributed by atoms with Crippen molar-refractivity contribution in [2.24, 2.45) is 0 Å². The lowest BCUT2D eigenvalue weighted by molar-refractivity contribution is 0.288. The van der Waals surface area contributed by atoms with Crippen molar-refractivity contribution < 1.29 is 14.2 Å². The van der Waals surface area contributed by atoms with Crippen LogP contribution in [0.4, 0.5) is 4.39 Å². The van der Waals surface area contributed by atoms with Crippen molar-refractivity contribution in [3.63, 3.8) is 0 Å². The standard InChI is InChI=1S/C19H21BrFNO2/c20-16-4-6-19(15(10-16)11-22-7-8-23)24-12-13-1-5-18(21)17(9-13)14-2-3-14/h1,4-6,9-10,14,22-23H,2-3,7-8,11-12H2. The Labute approximate surface area is 150 Å². The number of benzene rings is 2. The minimum atomic E-state index is -0.112. The van der Waals surface area contributed by atoms with Gasteiger partial charge in [-0.05, 0) is 60.2 Å². The first kappa shape index (κ1) is 17.4. The molecule has 0 bridgehead atoms. The molecule has 3 nitrogen and oxygen atoms in total. The average Bonchev–Trinajstić information content (AvgIpc) is 3.40. The molecule has 1 aliphatic carbocycles. The van der Waals surface area contributed by atoms with Gasteiger partial charge < -0.3 is 15.2 Å². The number of rotatable bonds is 8. The summed E-state index contributed by atoms with van der Waals surface area (Å²) >= 11 is 3.47. The fourth-order valence-corrected chi connectivity index (χ4v) is 3.09. The predicted octanol–water partition coefficient (Wildman–Crippen LogP) is 4.13. The van der Waals surface area contributed by atoms with Crippen molar-refractivity contribution in [2.75, 3.05) is 13.2 Å². The summed E-state index contributed by atoms with van der Waals surface area (Å²) in [5.74, 6) is 1.07. The maximum Gasteiger partial charge on any atom is 0.126 e. The van der Waals surface area contributed by atoms with Crippen LogP contribution in [0.25, 0.3) is 0 Å². The Hall–Kier alpha value is -1.43. The second-order valence-corrected chi connectivity index (χ2v) is 6.99. The molecule has 0 heterocycles. The van der Waals surface area contributed by atoms with Crippen molar-refractivity contribution in [1.82, 2.24) is 5.32 Å². The van der Waals surface area contributed by atoms with E-state index in [1.807, 2.05) is 24.3 Å². The number of ether oxygens (including phenoxy) is 1. The summed E-state index contributed by atoms with van der Waals surface area (Å²) in [6, 6.07) is 11.1. The Morgan fingerprint density at radius 1 is 1.21 bits per heavy atom. The Morgan fingerprint density at radius 2 is 2.04 bits per heavy atom. The van der Waals surface area contributed by atoms with Gasteiger partial charge in [-0.15, -0.1) is 0 Å². The van der Waals surface area contributed by atoms with Gasteiger partial charge in [-0.1, -0.05) is 22.0 Å². The summed E-state index contributed by atoms with van der Waals surface area (Å²) in [7, 11) is 0. The quantitative estimate of drug-likeness (QED) is 0.662. The third kappa shape index (κ3) is 4.56. The van der Waals surface area contributed by atoms with Crippen molar-refractivity contribution in [2.45, 2.75) is 31.9 Å². The highest BCUT2D eigenvalue weighted by Gasteiger charge is 2.26. The van der Waals surface area contributed by atoms with Gasteiger partial charge in [0, 0.05) is 23.1 Å². The minimum absolute atomic E-state index is 0.101. The van der Waals surface area contributed by atoms with Crippen LogP contribution in [-0.2, 0) is 13.2 Å². The van der Waals surface area contributed by atoms with Crippen LogP contribution in [0.1, 0.15) is 35.4 Å². The van der Waals surface area contributed by atoms with Gasteiger partial charge in [0.15, 0.2) is 0 Å². The third-order valence-electron chi connectivity index (χ3n) is 4.10. The first-order valence-corrected chi connectivity index (χ1v) is 8.98. The fourth-order valence-electron chi connectivity index (χ4n) is 2.68. The number of aliphatic hydroxyl groups excluding tert-OH is 1. The lowest BCUT2D eigenvalue weighted by Gasteiger charge is -2.13.